The van der Waals surface area contributed by atoms with Crippen LogP contribution in [0.15, 0.2) is 54.6 Å². The molecule has 0 heterocycles. The minimum Gasteiger partial charge on any atom is -0.437 e. The van der Waals surface area contributed by atoms with Gasteiger partial charge in [0.1, 0.15) is 12.5 Å². The number of hydrogen-bond donors (Lipinski definition) is 0. The molecule has 0 unspecified atom stereocenters. The fraction of sp³-hybridized carbons (Fsp3) is 0.0667. The number of methoxy groups -OCH3 is 1. The zero-order valence-electron chi connectivity index (χ0n) is 10.5. The number of carbonyl (C=O) groups is 2. The van der Waals surface area contributed by atoms with E-state index >= 15 is 0 Å². The maximum atomic E-state index is 10.9. The van der Waals surface area contributed by atoms with Crippen LogP contribution in [0.2, 0.25) is 0 Å². The van der Waals surface area contributed by atoms with Crippen molar-refractivity contribution >= 4 is 12.9 Å². The van der Waals surface area contributed by atoms with Crippen LogP contribution in [-0.4, -0.2) is 20.1 Å². The monoisotopic (exact) mass is 258 g/mol. The molecule has 0 radical (unpaired) electrons. The van der Waals surface area contributed by atoms with Crippen molar-refractivity contribution in [1.29, 1.82) is 0 Å². The summed E-state index contributed by atoms with van der Waals surface area (Å²) in [4.78, 5) is 18.9. The van der Waals surface area contributed by atoms with Gasteiger partial charge >= 0.3 is 6.16 Å². The van der Waals surface area contributed by atoms with Crippen molar-refractivity contribution in [3.63, 3.8) is 0 Å². The molecule has 0 aliphatic heterocycles. The summed E-state index contributed by atoms with van der Waals surface area (Å²) in [5.41, 5.74) is 2.19. The van der Waals surface area contributed by atoms with Crippen LogP contribution < -0.4 is 4.74 Å². The lowest BCUT2D eigenvalue weighted by atomic mass is 10.1. The third-order valence-electron chi connectivity index (χ3n) is 2.33. The lowest BCUT2D eigenvalue weighted by molar-refractivity contribution is -0.0980. The summed E-state index contributed by atoms with van der Waals surface area (Å²) in [5, 5.41) is 0. The molecular formula is C15H14O4. The Morgan fingerprint density at radius 3 is 1.95 bits per heavy atom. The minimum atomic E-state index is -0.711. The number of ether oxygens (including phenoxy) is 2. The van der Waals surface area contributed by atoms with Crippen molar-refractivity contribution in [1.82, 2.24) is 0 Å². The van der Waals surface area contributed by atoms with Crippen molar-refractivity contribution in [2.75, 3.05) is 7.11 Å². The molecule has 4 heteroatoms. The molecule has 0 saturated heterocycles. The summed E-state index contributed by atoms with van der Waals surface area (Å²) in [5.74, 6) is 0.469. The van der Waals surface area contributed by atoms with E-state index in [1.165, 1.54) is 7.11 Å². The lowest BCUT2D eigenvalue weighted by Gasteiger charge is -2.04. The first kappa shape index (κ1) is 14.4. The summed E-state index contributed by atoms with van der Waals surface area (Å²) >= 11 is 0. The zero-order valence-corrected chi connectivity index (χ0v) is 10.5. The molecular weight excluding hydrogens is 244 g/mol. The maximum absolute atomic E-state index is 10.9. The molecule has 0 spiro atoms. The van der Waals surface area contributed by atoms with Crippen LogP contribution in [0.25, 0.3) is 11.1 Å². The Hall–Kier alpha value is -2.62. The molecule has 0 amide bonds. The van der Waals surface area contributed by atoms with Gasteiger partial charge < -0.3 is 14.3 Å². The van der Waals surface area contributed by atoms with Gasteiger partial charge in [0.2, 0.25) is 0 Å². The molecule has 0 saturated carbocycles. The van der Waals surface area contributed by atoms with Gasteiger partial charge in [-0.15, -0.1) is 0 Å². The first-order chi connectivity index (χ1) is 9.29. The molecule has 2 rings (SSSR count). The van der Waals surface area contributed by atoms with Crippen LogP contribution in [0.1, 0.15) is 0 Å². The topological polar surface area (TPSA) is 52.6 Å². The van der Waals surface area contributed by atoms with E-state index in [2.05, 4.69) is 4.74 Å². The van der Waals surface area contributed by atoms with Gasteiger partial charge in [-0.2, -0.15) is 0 Å². The van der Waals surface area contributed by atoms with Crippen molar-refractivity contribution in [3.05, 3.63) is 54.6 Å². The fourth-order valence-electron chi connectivity index (χ4n) is 1.48. The molecule has 98 valence electrons. The number of carbonyl (C=O) groups excluding carboxylic acids is 2. The van der Waals surface area contributed by atoms with Crippen LogP contribution in [-0.2, 0) is 9.53 Å². The fourth-order valence-corrected chi connectivity index (χ4v) is 1.48. The van der Waals surface area contributed by atoms with Gasteiger partial charge in [0, 0.05) is 0 Å². The first-order valence-corrected chi connectivity index (χ1v) is 5.50. The Morgan fingerprint density at radius 1 is 0.895 bits per heavy atom. The molecule has 0 aliphatic carbocycles. The second kappa shape index (κ2) is 7.66. The van der Waals surface area contributed by atoms with Gasteiger partial charge in [-0.05, 0) is 23.3 Å². The van der Waals surface area contributed by atoms with Crippen molar-refractivity contribution in [2.45, 2.75) is 0 Å². The van der Waals surface area contributed by atoms with E-state index in [9.17, 15) is 4.79 Å². The Balaban J connectivity index is 0.000000861. The highest BCUT2D eigenvalue weighted by molar-refractivity contribution is 5.66. The molecule has 0 aliphatic rings. The Labute approximate surface area is 111 Å². The number of hydrogen-bond acceptors (Lipinski definition) is 4. The van der Waals surface area contributed by atoms with Crippen molar-refractivity contribution in [2.24, 2.45) is 0 Å². The first-order valence-electron chi connectivity index (χ1n) is 5.50. The van der Waals surface area contributed by atoms with E-state index in [1.54, 1.807) is 12.1 Å². The number of benzene rings is 2. The highest BCUT2D eigenvalue weighted by atomic mass is 16.7. The SMILES string of the molecule is C=O.COC(=O)Oc1ccc(-c2ccccc2)cc1. The minimum absolute atomic E-state index is 0.469. The van der Waals surface area contributed by atoms with Gasteiger partial charge in [0.25, 0.3) is 0 Å². The van der Waals surface area contributed by atoms with Crippen LogP contribution in [0.3, 0.4) is 0 Å². The third kappa shape index (κ3) is 4.27. The Bertz CT molecular complexity index is 505. The predicted molar refractivity (Wildman–Crippen MR) is 72.0 cm³/mol. The second-order valence-electron chi connectivity index (χ2n) is 3.45. The lowest BCUT2D eigenvalue weighted by Crippen LogP contribution is -2.06. The standard InChI is InChI=1S/C14H12O3.CH2O/c1-16-14(15)17-13-9-7-12(8-10-13)11-5-3-2-4-6-11;1-2/h2-10H,1H3;1H2. The zero-order chi connectivity index (χ0) is 14.1. The smallest absolute Gasteiger partial charge is 0.437 e. The Kier molecular flexibility index (Phi) is 5.82. The molecule has 0 atom stereocenters. The molecule has 0 bridgehead atoms. The van der Waals surface area contributed by atoms with E-state index in [4.69, 9.17) is 9.53 Å². The van der Waals surface area contributed by atoms with Gasteiger partial charge in [-0.1, -0.05) is 42.5 Å². The van der Waals surface area contributed by atoms with Crippen molar-refractivity contribution < 1.29 is 19.1 Å². The molecule has 2 aromatic carbocycles. The van der Waals surface area contributed by atoms with Gasteiger partial charge in [-0.3, -0.25) is 0 Å². The van der Waals surface area contributed by atoms with Crippen LogP contribution in [0.5, 0.6) is 5.75 Å². The van der Waals surface area contributed by atoms with Crippen LogP contribution in [0, 0.1) is 0 Å². The normalized spacial score (nSPS) is 8.89. The van der Waals surface area contributed by atoms with E-state index in [0.717, 1.165) is 11.1 Å². The maximum Gasteiger partial charge on any atom is 0.513 e. The van der Waals surface area contributed by atoms with E-state index in [0.29, 0.717) is 5.75 Å². The van der Waals surface area contributed by atoms with E-state index in [1.807, 2.05) is 49.3 Å². The van der Waals surface area contributed by atoms with E-state index < -0.39 is 6.16 Å². The van der Waals surface area contributed by atoms with Gasteiger partial charge in [-0.25, -0.2) is 4.79 Å². The second-order valence-corrected chi connectivity index (χ2v) is 3.45. The summed E-state index contributed by atoms with van der Waals surface area (Å²) < 4.78 is 9.30. The highest BCUT2D eigenvalue weighted by Crippen LogP contribution is 2.22. The molecule has 0 fully saturated rings. The average Bonchev–Trinajstić information content (AvgIpc) is 2.51. The summed E-state index contributed by atoms with van der Waals surface area (Å²) in [6.45, 7) is 2.00. The predicted octanol–water partition coefficient (Wildman–Crippen LogP) is 3.31. The van der Waals surface area contributed by atoms with Gasteiger partial charge in [0.05, 0.1) is 7.11 Å². The van der Waals surface area contributed by atoms with Gasteiger partial charge in [0.15, 0.2) is 0 Å². The number of rotatable bonds is 2. The largest absolute Gasteiger partial charge is 0.513 e. The third-order valence-corrected chi connectivity index (χ3v) is 2.33. The molecule has 0 N–H and O–H groups in total. The quantitative estimate of drug-likeness (QED) is 0.612. The highest BCUT2D eigenvalue weighted by Gasteiger charge is 2.03. The molecule has 2 aromatic rings. The van der Waals surface area contributed by atoms with Crippen molar-refractivity contribution in [3.8, 4) is 16.9 Å². The van der Waals surface area contributed by atoms with Crippen LogP contribution >= 0.6 is 0 Å². The summed E-state index contributed by atoms with van der Waals surface area (Å²) in [7, 11) is 1.28. The Morgan fingerprint density at radius 2 is 1.42 bits per heavy atom. The molecule has 0 aromatic heterocycles. The summed E-state index contributed by atoms with van der Waals surface area (Å²) in [6, 6.07) is 17.2. The molecule has 19 heavy (non-hydrogen) atoms. The average molecular weight is 258 g/mol. The summed E-state index contributed by atoms with van der Waals surface area (Å²) in [6.07, 6.45) is -0.711. The van der Waals surface area contributed by atoms with Crippen LogP contribution in [0.4, 0.5) is 4.79 Å². The molecule has 4 nitrogen and oxygen atoms in total. The van der Waals surface area contributed by atoms with E-state index in [-0.39, 0.29) is 0 Å².